The fourth-order valence-electron chi connectivity index (χ4n) is 2.00. The van der Waals surface area contributed by atoms with Crippen LogP contribution in [-0.4, -0.2) is 10.1 Å². The minimum Gasteiger partial charge on any atom is -0.339 e. The summed E-state index contributed by atoms with van der Waals surface area (Å²) in [5.41, 5.74) is 2.23. The number of hydrogen-bond donors (Lipinski definition) is 0. The summed E-state index contributed by atoms with van der Waals surface area (Å²) < 4.78 is 6.31. The summed E-state index contributed by atoms with van der Waals surface area (Å²) in [6, 6.07) is 18.2. The minimum absolute atomic E-state index is 0.634. The molecule has 0 fully saturated rings. The molecular weight excluding hydrogens is 316 g/mol. The van der Waals surface area contributed by atoms with Gasteiger partial charge in [-0.25, -0.2) is 0 Å². The van der Waals surface area contributed by atoms with Crippen molar-refractivity contribution in [1.82, 2.24) is 10.1 Å². The molecule has 0 bridgehead atoms. The summed E-state index contributed by atoms with van der Waals surface area (Å²) >= 11 is 3.44. The van der Waals surface area contributed by atoms with E-state index in [4.69, 9.17) is 4.52 Å². The maximum Gasteiger partial charge on any atom is 0.227 e. The van der Waals surface area contributed by atoms with Crippen molar-refractivity contribution in [3.63, 3.8) is 0 Å². The quantitative estimate of drug-likeness (QED) is 0.717. The van der Waals surface area contributed by atoms with Crippen LogP contribution in [0.15, 0.2) is 63.6 Å². The van der Waals surface area contributed by atoms with Crippen molar-refractivity contribution in [2.45, 2.75) is 12.8 Å². The molecule has 100 valence electrons. The van der Waals surface area contributed by atoms with Gasteiger partial charge in [-0.15, -0.1) is 0 Å². The van der Waals surface area contributed by atoms with Gasteiger partial charge in [0.15, 0.2) is 0 Å². The molecule has 0 N–H and O–H groups in total. The molecule has 0 atom stereocenters. The van der Waals surface area contributed by atoms with Gasteiger partial charge in [0, 0.05) is 16.5 Å². The van der Waals surface area contributed by atoms with E-state index in [0.717, 1.165) is 22.9 Å². The predicted molar refractivity (Wildman–Crippen MR) is 81.3 cm³/mol. The molecule has 1 aromatic heterocycles. The molecule has 0 saturated heterocycles. The number of rotatable bonds is 4. The van der Waals surface area contributed by atoms with Gasteiger partial charge in [-0.2, -0.15) is 4.98 Å². The van der Waals surface area contributed by atoms with Crippen LogP contribution < -0.4 is 0 Å². The summed E-state index contributed by atoms with van der Waals surface area (Å²) in [6.07, 6.45) is 1.66. The van der Waals surface area contributed by atoms with Crippen LogP contribution in [-0.2, 0) is 12.8 Å². The molecule has 3 nitrogen and oxygen atoms in total. The fraction of sp³-hybridized carbons (Fsp3) is 0.125. The molecule has 0 saturated carbocycles. The normalized spacial score (nSPS) is 10.7. The van der Waals surface area contributed by atoms with Crippen LogP contribution in [0, 0.1) is 0 Å². The summed E-state index contributed by atoms with van der Waals surface area (Å²) in [6.45, 7) is 0. The molecule has 3 aromatic rings. The number of halogens is 1. The van der Waals surface area contributed by atoms with Crippen LogP contribution >= 0.6 is 15.9 Å². The third-order valence-corrected chi connectivity index (χ3v) is 3.51. The highest BCUT2D eigenvalue weighted by molar-refractivity contribution is 9.10. The second-order valence-corrected chi connectivity index (χ2v) is 5.42. The lowest BCUT2D eigenvalue weighted by atomic mass is 10.1. The zero-order valence-corrected chi connectivity index (χ0v) is 12.4. The summed E-state index contributed by atoms with van der Waals surface area (Å²) in [5.74, 6) is 1.30. The van der Waals surface area contributed by atoms with E-state index in [2.05, 4.69) is 38.2 Å². The number of aryl methyl sites for hydroxylation is 2. The molecule has 20 heavy (non-hydrogen) atoms. The first-order chi connectivity index (χ1) is 9.81. The van der Waals surface area contributed by atoms with Crippen LogP contribution in [0.2, 0.25) is 0 Å². The van der Waals surface area contributed by atoms with Gasteiger partial charge in [-0.05, 0) is 24.1 Å². The Bertz CT molecular complexity index is 694. The molecular formula is C16H13BrN2O. The number of nitrogens with zero attached hydrogens (tertiary/aromatic N) is 2. The molecule has 0 aliphatic rings. The lowest BCUT2D eigenvalue weighted by Gasteiger charge is -1.96. The Morgan fingerprint density at radius 1 is 0.950 bits per heavy atom. The highest BCUT2D eigenvalue weighted by atomic mass is 79.9. The smallest absolute Gasteiger partial charge is 0.227 e. The lowest BCUT2D eigenvalue weighted by Crippen LogP contribution is -1.91. The second-order valence-electron chi connectivity index (χ2n) is 4.51. The monoisotopic (exact) mass is 328 g/mol. The molecule has 0 radical (unpaired) electrons. The molecule has 0 aliphatic heterocycles. The van der Waals surface area contributed by atoms with Gasteiger partial charge in [0.1, 0.15) is 0 Å². The average Bonchev–Trinajstić information content (AvgIpc) is 2.95. The van der Waals surface area contributed by atoms with E-state index in [0.29, 0.717) is 11.7 Å². The number of benzene rings is 2. The zero-order chi connectivity index (χ0) is 13.8. The van der Waals surface area contributed by atoms with Crippen LogP contribution in [0.4, 0.5) is 0 Å². The average molecular weight is 329 g/mol. The third-order valence-electron chi connectivity index (χ3n) is 3.02. The van der Waals surface area contributed by atoms with Crippen molar-refractivity contribution < 1.29 is 4.52 Å². The Morgan fingerprint density at radius 3 is 2.60 bits per heavy atom. The molecule has 0 aliphatic carbocycles. The van der Waals surface area contributed by atoms with Crippen molar-refractivity contribution in [2.75, 3.05) is 0 Å². The van der Waals surface area contributed by atoms with E-state index in [-0.39, 0.29) is 0 Å². The third kappa shape index (κ3) is 3.14. The topological polar surface area (TPSA) is 38.9 Å². The fourth-order valence-corrected chi connectivity index (χ4v) is 2.40. The molecule has 0 unspecified atom stereocenters. The SMILES string of the molecule is Brc1cccc(-c2noc(CCc3ccccc3)n2)c1. The van der Waals surface area contributed by atoms with E-state index in [1.165, 1.54) is 5.56 Å². The van der Waals surface area contributed by atoms with Gasteiger partial charge in [-0.3, -0.25) is 0 Å². The van der Waals surface area contributed by atoms with E-state index >= 15 is 0 Å². The van der Waals surface area contributed by atoms with Crippen molar-refractivity contribution in [3.8, 4) is 11.4 Å². The first-order valence-corrected chi connectivity index (χ1v) is 7.23. The van der Waals surface area contributed by atoms with Gasteiger partial charge in [-0.1, -0.05) is 63.6 Å². The van der Waals surface area contributed by atoms with Crippen molar-refractivity contribution in [1.29, 1.82) is 0 Å². The van der Waals surface area contributed by atoms with Gasteiger partial charge >= 0.3 is 0 Å². The van der Waals surface area contributed by atoms with E-state index in [1.54, 1.807) is 0 Å². The molecule has 2 aromatic carbocycles. The van der Waals surface area contributed by atoms with Crippen molar-refractivity contribution in [3.05, 3.63) is 70.5 Å². The van der Waals surface area contributed by atoms with Crippen LogP contribution in [0.3, 0.4) is 0 Å². The van der Waals surface area contributed by atoms with Crippen LogP contribution in [0.1, 0.15) is 11.5 Å². The van der Waals surface area contributed by atoms with Gasteiger partial charge < -0.3 is 4.52 Å². The summed E-state index contributed by atoms with van der Waals surface area (Å²) in [5, 5.41) is 4.03. The largest absolute Gasteiger partial charge is 0.339 e. The highest BCUT2D eigenvalue weighted by Crippen LogP contribution is 2.20. The molecule has 1 heterocycles. The Morgan fingerprint density at radius 2 is 1.80 bits per heavy atom. The maximum atomic E-state index is 5.30. The Labute approximate surface area is 125 Å². The maximum absolute atomic E-state index is 5.30. The number of aromatic nitrogens is 2. The predicted octanol–water partition coefficient (Wildman–Crippen LogP) is 4.28. The molecule has 0 amide bonds. The zero-order valence-electron chi connectivity index (χ0n) is 10.8. The van der Waals surface area contributed by atoms with Crippen LogP contribution in [0.5, 0.6) is 0 Å². The summed E-state index contributed by atoms with van der Waals surface area (Å²) in [4.78, 5) is 4.44. The molecule has 4 heteroatoms. The Hall–Kier alpha value is -1.94. The summed E-state index contributed by atoms with van der Waals surface area (Å²) in [7, 11) is 0. The Kier molecular flexibility index (Phi) is 3.92. The molecule has 3 rings (SSSR count). The standard InChI is InChI=1S/C16H13BrN2O/c17-14-8-4-7-13(11-14)16-18-15(20-19-16)10-9-12-5-2-1-3-6-12/h1-8,11H,9-10H2. The van der Waals surface area contributed by atoms with Crippen molar-refractivity contribution >= 4 is 15.9 Å². The Balaban J connectivity index is 1.71. The highest BCUT2D eigenvalue weighted by Gasteiger charge is 2.08. The lowest BCUT2D eigenvalue weighted by molar-refractivity contribution is 0.379. The van der Waals surface area contributed by atoms with Crippen molar-refractivity contribution in [2.24, 2.45) is 0 Å². The van der Waals surface area contributed by atoms with Crippen LogP contribution in [0.25, 0.3) is 11.4 Å². The van der Waals surface area contributed by atoms with Gasteiger partial charge in [0.05, 0.1) is 0 Å². The molecule has 0 spiro atoms. The second kappa shape index (κ2) is 6.01. The first kappa shape index (κ1) is 13.1. The van der Waals surface area contributed by atoms with E-state index in [9.17, 15) is 0 Å². The van der Waals surface area contributed by atoms with Gasteiger partial charge in [0.2, 0.25) is 11.7 Å². The van der Waals surface area contributed by atoms with Gasteiger partial charge in [0.25, 0.3) is 0 Å². The van der Waals surface area contributed by atoms with E-state index < -0.39 is 0 Å². The van der Waals surface area contributed by atoms with E-state index in [1.807, 2.05) is 42.5 Å². The first-order valence-electron chi connectivity index (χ1n) is 6.44. The minimum atomic E-state index is 0.634. The number of hydrogen-bond acceptors (Lipinski definition) is 3.